The molecule has 0 unspecified atom stereocenters. The fourth-order valence-corrected chi connectivity index (χ4v) is 14.8. The van der Waals surface area contributed by atoms with E-state index in [1.807, 2.05) is 278 Å². The van der Waals surface area contributed by atoms with Gasteiger partial charge in [-0.3, -0.25) is 47.4 Å². The smallest absolute Gasteiger partial charge is 0.161 e. The Balaban J connectivity index is 0.000000165. The molecule has 0 fully saturated rings. The second-order valence-corrected chi connectivity index (χ2v) is 38.7. The maximum Gasteiger partial charge on any atom is 0.161 e. The quantitative estimate of drug-likeness (QED) is 0.0360. The van der Waals surface area contributed by atoms with Gasteiger partial charge in [-0.05, 0) is 241 Å². The molecule has 0 N–H and O–H groups in total. The van der Waals surface area contributed by atoms with Crippen LogP contribution in [-0.4, -0.2) is 106 Å². The Morgan fingerprint density at radius 3 is 0.833 bits per heavy atom. The van der Waals surface area contributed by atoms with Crippen molar-refractivity contribution in [3.8, 4) is 56.3 Å². The van der Waals surface area contributed by atoms with E-state index in [0.29, 0.717) is 67.9 Å². The molecule has 5 heterocycles. The van der Waals surface area contributed by atoms with Crippen LogP contribution in [0.25, 0.3) is 56.3 Å². The highest BCUT2D eigenvalue weighted by atomic mass is 35.5. The highest BCUT2D eigenvalue weighted by Gasteiger charge is 2.31. The topological polar surface area (TPSA) is 221 Å². The second-order valence-electron chi connectivity index (χ2n) is 35.8. The molecular weight excluding hydrogens is 1880 g/mol. The molecule has 0 saturated carbocycles. The number of rotatable bonds is 35. The van der Waals surface area contributed by atoms with Crippen LogP contribution in [0.5, 0.6) is 0 Å². The fraction of sp³-hybridized carbons (Fsp3) is 0.279. The summed E-state index contributed by atoms with van der Waals surface area (Å²) in [6, 6.07) is 92.2. The van der Waals surface area contributed by atoms with Gasteiger partial charge in [0.2, 0.25) is 0 Å². The maximum absolute atomic E-state index is 11.7. The van der Waals surface area contributed by atoms with Crippen LogP contribution >= 0.6 is 81.2 Å². The molecule has 10 aromatic carbocycles. The lowest BCUT2D eigenvalue weighted by molar-refractivity contribution is -0.140. The molecule has 5 aromatic heterocycles. The third-order valence-corrected chi connectivity index (χ3v) is 25.7. The van der Waals surface area contributed by atoms with Crippen LogP contribution in [0.15, 0.2) is 285 Å². The predicted molar refractivity (Wildman–Crippen MR) is 554 cm³/mol. The van der Waals surface area contributed by atoms with Crippen LogP contribution in [0.2, 0.25) is 35.2 Å². The van der Waals surface area contributed by atoms with Gasteiger partial charge in [0.25, 0.3) is 0 Å². The summed E-state index contributed by atoms with van der Waals surface area (Å²) in [5.74, 6) is -0.0975. The molecule has 0 aliphatic carbocycles. The molecule has 718 valence electrons. The Morgan fingerprint density at radius 2 is 0.514 bits per heavy atom. The molecule has 27 heteroatoms. The molecule has 0 atom stereocenters. The zero-order chi connectivity index (χ0) is 99.8. The number of Topliss-reactive ketones (excluding diaryl/α,β-unsaturated/α-hetero) is 5. The molecule has 15 rings (SSSR count). The lowest BCUT2D eigenvalue weighted by Gasteiger charge is -2.21. The summed E-state index contributed by atoms with van der Waals surface area (Å²) in [6.07, 6.45) is 0. The Bertz CT molecular complexity index is 6510. The second kappa shape index (κ2) is 48.8. The first-order chi connectivity index (χ1) is 65.5. The number of ether oxygens (including phenoxy) is 5. The summed E-state index contributed by atoms with van der Waals surface area (Å²) < 4.78 is 38.6. The highest BCUT2D eigenvalue weighted by Crippen LogP contribution is 2.35. The van der Waals surface area contributed by atoms with Gasteiger partial charge in [0.1, 0.15) is 28.0 Å². The van der Waals surface area contributed by atoms with Gasteiger partial charge in [-0.1, -0.05) is 281 Å². The van der Waals surface area contributed by atoms with Crippen LogP contribution in [-0.2, 0) is 113 Å². The van der Waals surface area contributed by atoms with Crippen LogP contribution < -0.4 is 0 Å². The van der Waals surface area contributed by atoms with E-state index in [2.05, 4.69) is 42.4 Å². The van der Waals surface area contributed by atoms with Gasteiger partial charge in [-0.25, -0.2) is 0 Å². The molecule has 20 nitrogen and oxygen atoms in total. The number of ketones is 5. The van der Waals surface area contributed by atoms with Gasteiger partial charge in [0.05, 0.1) is 123 Å². The Morgan fingerprint density at radius 1 is 0.254 bits per heavy atom. The SMILES string of the molecule is CC(=O)C(C)(C)OCc1cc(-c2ccc(Cl)cc2)n(Cc2ccccc2)n1.CC(=O)C(C)(C)OCc1cc(-c2cccc(C)c2)n(Cc2ccccc2Cl)n1.CC(=O)C(C)(C)OCc1cc(-c2cccc(Cl)c2)n(Cc2ccccc2Cl)n1.CC(=O)C(C)(C)OCc1cc(-c2ccccc2)n(Cc2ccccc2Cl)n1.CC(=O)C(C)(C)OCc1cc(-c2ccccc2Cl)n(Cc2ccccc2Cl)n1. The van der Waals surface area contributed by atoms with Crippen molar-refractivity contribution < 1.29 is 47.7 Å². The molecule has 0 aliphatic heterocycles. The van der Waals surface area contributed by atoms with E-state index in [9.17, 15) is 24.0 Å². The minimum Gasteiger partial charge on any atom is -0.361 e. The van der Waals surface area contributed by atoms with Gasteiger partial charge < -0.3 is 23.7 Å². The first kappa shape index (κ1) is 107. The lowest BCUT2D eigenvalue weighted by atomic mass is 10.1. The third kappa shape index (κ3) is 30.5. The zero-order valence-electron chi connectivity index (χ0n) is 80.4. The summed E-state index contributed by atoms with van der Waals surface area (Å²) >= 11 is 44.0. The summed E-state index contributed by atoms with van der Waals surface area (Å²) in [6.45, 7) is 31.4. The first-order valence-corrected chi connectivity index (χ1v) is 47.6. The van der Waals surface area contributed by atoms with Crippen molar-refractivity contribution in [1.29, 1.82) is 0 Å². The number of carbonyl (C=O) groups excluding carboxylic acids is 5. The van der Waals surface area contributed by atoms with Crippen molar-refractivity contribution in [2.24, 2.45) is 0 Å². The number of aromatic nitrogens is 10. The summed E-state index contributed by atoms with van der Waals surface area (Å²) in [4.78, 5) is 58.6. The van der Waals surface area contributed by atoms with E-state index in [-0.39, 0.29) is 62.0 Å². The van der Waals surface area contributed by atoms with Crippen molar-refractivity contribution in [3.63, 3.8) is 0 Å². The highest BCUT2D eigenvalue weighted by molar-refractivity contribution is 6.34. The average molecular weight is 2000 g/mol. The molecule has 0 spiro atoms. The van der Waals surface area contributed by atoms with Gasteiger partial charge in [0, 0.05) is 51.8 Å². The Kier molecular flexibility index (Phi) is 37.8. The van der Waals surface area contributed by atoms with Crippen LogP contribution in [0.3, 0.4) is 0 Å². The lowest BCUT2D eigenvalue weighted by Crippen LogP contribution is -2.32. The van der Waals surface area contributed by atoms with Crippen molar-refractivity contribution in [2.75, 3.05) is 0 Å². The number of hydrogen-bond acceptors (Lipinski definition) is 15. The Hall–Kier alpha value is -11.6. The fourth-order valence-electron chi connectivity index (χ4n) is 13.5. The van der Waals surface area contributed by atoms with E-state index in [1.54, 1.807) is 69.2 Å². The molecule has 0 aliphatic rings. The first-order valence-electron chi connectivity index (χ1n) is 45.0. The van der Waals surface area contributed by atoms with Crippen LogP contribution in [0.4, 0.5) is 0 Å². The van der Waals surface area contributed by atoms with Crippen molar-refractivity contribution in [1.82, 2.24) is 48.9 Å². The summed E-state index contributed by atoms with van der Waals surface area (Å²) in [5.41, 5.74) is 15.5. The Labute approximate surface area is 843 Å². The number of nitrogens with zero attached hydrogens (tertiary/aromatic N) is 10. The molecule has 138 heavy (non-hydrogen) atoms. The maximum atomic E-state index is 11.7. The van der Waals surface area contributed by atoms with E-state index in [4.69, 9.17) is 125 Å². The van der Waals surface area contributed by atoms with Crippen LogP contribution in [0, 0.1) is 6.92 Å². The largest absolute Gasteiger partial charge is 0.361 e. The molecule has 0 amide bonds. The predicted octanol–water partition coefficient (Wildman–Crippen LogP) is 27.3. The van der Waals surface area contributed by atoms with Crippen molar-refractivity contribution >= 4 is 110 Å². The van der Waals surface area contributed by atoms with Crippen molar-refractivity contribution in [2.45, 2.75) is 205 Å². The van der Waals surface area contributed by atoms with E-state index < -0.39 is 28.0 Å². The number of hydrogen-bond donors (Lipinski definition) is 0. The molecule has 0 radical (unpaired) electrons. The van der Waals surface area contributed by atoms with Gasteiger partial charge in [-0.2, -0.15) is 25.5 Å². The number of benzene rings is 10. The van der Waals surface area contributed by atoms with E-state index >= 15 is 0 Å². The van der Waals surface area contributed by atoms with Crippen molar-refractivity contribution in [3.05, 3.63) is 382 Å². The van der Waals surface area contributed by atoms with E-state index in [1.165, 1.54) is 40.2 Å². The summed E-state index contributed by atoms with van der Waals surface area (Å²) in [7, 11) is 0. The standard InChI is InChI=1S/C23H25ClN2O2.2C22H22Cl2N2O2.2C22H23ClN2O2/c1-16-8-7-10-18(12-16)22-13-20(15-28-23(3,4)17(2)27)25-26(22)14-19-9-5-6-11-21(19)24;1-15(27)22(2,3)28-14-17-12-21(18-9-5-7-11-20(18)24)26(25-17)13-16-8-4-6-10-19(16)23;1-15(27)22(2,3)28-14-19-12-21(16-8-6-9-18(23)11-16)26(25-19)13-17-7-4-5-10-20(17)24;1-16(26)22(2,3)27-15-19-13-21(17-9-5-4-6-10-17)25(24-19)14-18-11-7-8-12-20(18)23;1-16(26)22(2,3)27-15-20-13-21(18-9-11-19(23)12-10-18)25(24-20)14-17-7-5-4-6-8-17/h5-13H,14-15H2,1-4H3;2*4-12H,13-14H2,1-3H3;2*4-13H,14-15H2,1-3H3. The molecule has 15 aromatic rings. The van der Waals surface area contributed by atoms with Gasteiger partial charge in [0.15, 0.2) is 28.9 Å². The van der Waals surface area contributed by atoms with Gasteiger partial charge in [-0.15, -0.1) is 0 Å². The molecule has 0 bridgehead atoms. The zero-order valence-corrected chi connectivity index (χ0v) is 85.7. The molecular formula is C111H115Cl7N10O10. The summed E-state index contributed by atoms with van der Waals surface area (Å²) in [5, 5.41) is 28.3. The number of aryl methyl sites for hydroxylation is 1. The minimum atomic E-state index is -0.864. The number of halogens is 7. The molecule has 0 saturated heterocycles. The third-order valence-electron chi connectivity index (χ3n) is 23.4. The minimum absolute atomic E-state index is 0.0101. The monoisotopic (exact) mass is 1990 g/mol. The van der Waals surface area contributed by atoms with Gasteiger partial charge >= 0.3 is 0 Å². The average Bonchev–Trinajstić information content (AvgIpc) is 1.68. The number of carbonyl (C=O) groups is 5. The van der Waals surface area contributed by atoms with Crippen LogP contribution in [0.1, 0.15) is 166 Å². The van der Waals surface area contributed by atoms with E-state index in [0.717, 1.165) is 113 Å². The normalized spacial score (nSPS) is 11.6.